The molecule has 1 saturated carbocycles. The summed E-state index contributed by atoms with van der Waals surface area (Å²) in [6, 6.07) is 12.8. The summed E-state index contributed by atoms with van der Waals surface area (Å²) < 4.78 is 29.7. The number of rotatable bonds is 9. The molecule has 4 rings (SSSR count). The highest BCUT2D eigenvalue weighted by Gasteiger charge is 2.48. The van der Waals surface area contributed by atoms with Gasteiger partial charge in [0, 0.05) is 29.1 Å². The molecule has 0 spiro atoms. The molecule has 2 aromatic rings. The van der Waals surface area contributed by atoms with Crippen molar-refractivity contribution >= 4 is 9.84 Å². The van der Waals surface area contributed by atoms with Gasteiger partial charge in [0.25, 0.3) is 0 Å². The quantitative estimate of drug-likeness (QED) is 0.612. The highest BCUT2D eigenvalue weighted by Crippen LogP contribution is 2.53. The van der Waals surface area contributed by atoms with Gasteiger partial charge in [0.15, 0.2) is 0 Å². The van der Waals surface area contributed by atoms with Crippen LogP contribution < -0.4 is 10.1 Å². The number of pyridine rings is 1. The van der Waals surface area contributed by atoms with Crippen LogP contribution in [0.2, 0.25) is 0 Å². The van der Waals surface area contributed by atoms with Crippen molar-refractivity contribution < 1.29 is 13.2 Å². The molecule has 1 aromatic heterocycles. The van der Waals surface area contributed by atoms with Crippen molar-refractivity contribution in [3.8, 4) is 5.75 Å². The van der Waals surface area contributed by atoms with Crippen molar-refractivity contribution in [3.05, 3.63) is 59.4 Å². The normalized spacial score (nSPS) is 20.2. The molecule has 2 aliphatic rings. The molecule has 0 radical (unpaired) electrons. The SMILES string of the molecule is CCCS(=O)(=O)CCCOc1ccc2c(c1)C(C1(c3ccccn3)CCC1)NCC2. The molecule has 30 heavy (non-hydrogen) atoms. The molecule has 6 heteroatoms. The van der Waals surface area contributed by atoms with Crippen molar-refractivity contribution in [2.24, 2.45) is 0 Å². The van der Waals surface area contributed by atoms with Gasteiger partial charge in [-0.15, -0.1) is 0 Å². The van der Waals surface area contributed by atoms with Crippen LogP contribution in [0.5, 0.6) is 5.75 Å². The van der Waals surface area contributed by atoms with Gasteiger partial charge in [-0.2, -0.15) is 0 Å². The van der Waals surface area contributed by atoms with Crippen molar-refractivity contribution in [3.63, 3.8) is 0 Å². The predicted octanol–water partition coefficient (Wildman–Crippen LogP) is 3.98. The minimum Gasteiger partial charge on any atom is -0.494 e. The van der Waals surface area contributed by atoms with Crippen molar-refractivity contribution in [1.29, 1.82) is 0 Å². The lowest BCUT2D eigenvalue weighted by Gasteiger charge is -2.49. The van der Waals surface area contributed by atoms with Crippen LogP contribution in [-0.4, -0.2) is 38.1 Å². The maximum Gasteiger partial charge on any atom is 0.150 e. The second kappa shape index (κ2) is 9.06. The highest BCUT2D eigenvalue weighted by molar-refractivity contribution is 7.91. The van der Waals surface area contributed by atoms with E-state index in [-0.39, 0.29) is 23.0 Å². The van der Waals surface area contributed by atoms with Crippen molar-refractivity contribution in [1.82, 2.24) is 10.3 Å². The molecule has 1 N–H and O–H groups in total. The molecule has 1 atom stereocenters. The molecule has 0 saturated heterocycles. The van der Waals surface area contributed by atoms with Gasteiger partial charge in [0.1, 0.15) is 15.6 Å². The first kappa shape index (κ1) is 21.3. The number of fused-ring (bicyclic) bond motifs is 1. The summed E-state index contributed by atoms with van der Waals surface area (Å²) in [4.78, 5) is 4.71. The fourth-order valence-electron chi connectivity index (χ4n) is 4.90. The third kappa shape index (κ3) is 4.40. The molecule has 0 bridgehead atoms. The van der Waals surface area contributed by atoms with Gasteiger partial charge in [-0.25, -0.2) is 8.42 Å². The second-order valence-corrected chi connectivity index (χ2v) is 10.9. The zero-order chi connectivity index (χ0) is 21.0. The van der Waals surface area contributed by atoms with Crippen LogP contribution in [0.25, 0.3) is 0 Å². The van der Waals surface area contributed by atoms with Crippen LogP contribution in [0.1, 0.15) is 61.9 Å². The average molecular weight is 429 g/mol. The average Bonchev–Trinajstić information content (AvgIpc) is 2.71. The van der Waals surface area contributed by atoms with Gasteiger partial charge in [-0.1, -0.05) is 25.5 Å². The maximum atomic E-state index is 11.9. The Bertz CT molecular complexity index is 956. The van der Waals surface area contributed by atoms with Crippen molar-refractivity contribution in [2.75, 3.05) is 24.7 Å². The summed E-state index contributed by atoms with van der Waals surface area (Å²) in [5, 5.41) is 3.77. The number of sulfone groups is 1. The second-order valence-electron chi connectivity index (χ2n) is 8.58. The number of nitrogens with one attached hydrogen (secondary N) is 1. The Hall–Kier alpha value is -1.92. The van der Waals surface area contributed by atoms with E-state index < -0.39 is 9.84 Å². The first-order chi connectivity index (χ1) is 14.5. The van der Waals surface area contributed by atoms with Crippen LogP contribution in [0.4, 0.5) is 0 Å². The number of benzene rings is 1. The number of aromatic nitrogens is 1. The van der Waals surface area contributed by atoms with Crippen LogP contribution in [-0.2, 0) is 21.7 Å². The summed E-state index contributed by atoms with van der Waals surface area (Å²) in [6.07, 6.45) is 7.61. The Morgan fingerprint density at radius 2 is 2.07 bits per heavy atom. The van der Waals surface area contributed by atoms with Gasteiger partial charge in [0.05, 0.1) is 12.4 Å². The van der Waals surface area contributed by atoms with Gasteiger partial charge in [-0.3, -0.25) is 4.98 Å². The Morgan fingerprint density at radius 1 is 1.20 bits per heavy atom. The summed E-state index contributed by atoms with van der Waals surface area (Å²) in [5.41, 5.74) is 3.90. The lowest BCUT2D eigenvalue weighted by molar-refractivity contribution is 0.159. The van der Waals surface area contributed by atoms with E-state index in [0.29, 0.717) is 19.4 Å². The third-order valence-electron chi connectivity index (χ3n) is 6.53. The molecular formula is C24H32N2O3S. The largest absolute Gasteiger partial charge is 0.494 e. The molecule has 0 amide bonds. The lowest BCUT2D eigenvalue weighted by atomic mass is 9.59. The summed E-state index contributed by atoms with van der Waals surface area (Å²) in [7, 11) is -2.95. The number of hydrogen-bond acceptors (Lipinski definition) is 5. The standard InChI is InChI=1S/C24H32N2O3S/c1-2-16-30(27,28)17-6-15-29-20-9-8-19-10-14-26-23(21(19)18-20)24(11-5-12-24)22-7-3-4-13-25-22/h3-4,7-9,13,18,23,26H,2,5-6,10-12,14-17H2,1H3. The zero-order valence-electron chi connectivity index (χ0n) is 17.8. The monoisotopic (exact) mass is 428 g/mol. The van der Waals surface area contributed by atoms with Gasteiger partial charge < -0.3 is 10.1 Å². The van der Waals surface area contributed by atoms with E-state index in [0.717, 1.165) is 31.6 Å². The molecule has 1 aliphatic carbocycles. The maximum absolute atomic E-state index is 11.9. The minimum atomic E-state index is -2.95. The molecule has 2 heterocycles. The van der Waals surface area contributed by atoms with Gasteiger partial charge in [-0.05, 0) is 74.0 Å². The Labute approximate surface area is 180 Å². The number of hydrogen-bond donors (Lipinski definition) is 1. The zero-order valence-corrected chi connectivity index (χ0v) is 18.6. The summed E-state index contributed by atoms with van der Waals surface area (Å²) in [6.45, 7) is 3.29. The minimum absolute atomic E-state index is 0.0449. The van der Waals surface area contributed by atoms with Gasteiger partial charge >= 0.3 is 0 Å². The van der Waals surface area contributed by atoms with Crippen LogP contribution in [0, 0.1) is 0 Å². The molecule has 162 valence electrons. The van der Waals surface area contributed by atoms with E-state index in [2.05, 4.69) is 29.6 Å². The van der Waals surface area contributed by atoms with E-state index in [1.165, 1.54) is 23.2 Å². The molecule has 5 nitrogen and oxygen atoms in total. The Kier molecular flexibility index (Phi) is 6.44. The first-order valence-electron chi connectivity index (χ1n) is 11.1. The molecule has 1 fully saturated rings. The van der Waals surface area contributed by atoms with E-state index in [1.807, 2.05) is 25.3 Å². The first-order valence-corrected chi connectivity index (χ1v) is 13.0. The highest BCUT2D eigenvalue weighted by atomic mass is 32.2. The summed E-state index contributed by atoms with van der Waals surface area (Å²) >= 11 is 0. The van der Waals surface area contributed by atoms with Crippen LogP contribution in [0.15, 0.2) is 42.6 Å². The van der Waals surface area contributed by atoms with Crippen molar-refractivity contribution in [2.45, 2.75) is 56.9 Å². The van der Waals surface area contributed by atoms with E-state index in [1.54, 1.807) is 0 Å². The molecular weight excluding hydrogens is 396 g/mol. The van der Waals surface area contributed by atoms with Crippen LogP contribution >= 0.6 is 0 Å². The van der Waals surface area contributed by atoms with E-state index >= 15 is 0 Å². The number of nitrogens with zero attached hydrogens (tertiary/aromatic N) is 1. The van der Waals surface area contributed by atoms with Crippen LogP contribution in [0.3, 0.4) is 0 Å². The fourth-order valence-corrected chi connectivity index (χ4v) is 6.29. The molecule has 1 aromatic carbocycles. The predicted molar refractivity (Wildman–Crippen MR) is 120 cm³/mol. The van der Waals surface area contributed by atoms with E-state index in [9.17, 15) is 8.42 Å². The summed E-state index contributed by atoms with van der Waals surface area (Å²) in [5.74, 6) is 1.28. The Balaban J connectivity index is 1.50. The fraction of sp³-hybridized carbons (Fsp3) is 0.542. The smallest absolute Gasteiger partial charge is 0.150 e. The van der Waals surface area contributed by atoms with Gasteiger partial charge in [0.2, 0.25) is 0 Å². The topological polar surface area (TPSA) is 68.3 Å². The third-order valence-corrected chi connectivity index (χ3v) is 8.47. The van der Waals surface area contributed by atoms with E-state index in [4.69, 9.17) is 9.72 Å². The Morgan fingerprint density at radius 3 is 2.77 bits per heavy atom. The lowest BCUT2D eigenvalue weighted by Crippen LogP contribution is -2.49. The number of ether oxygens (including phenoxy) is 1. The molecule has 1 unspecified atom stereocenters. The molecule has 1 aliphatic heterocycles.